The van der Waals surface area contributed by atoms with E-state index < -0.39 is 5.97 Å². The van der Waals surface area contributed by atoms with E-state index in [4.69, 9.17) is 9.94 Å². The molecule has 1 aliphatic carbocycles. The van der Waals surface area contributed by atoms with Crippen LogP contribution in [0.25, 0.3) is 0 Å². The van der Waals surface area contributed by atoms with Gasteiger partial charge in [-0.2, -0.15) is 0 Å². The van der Waals surface area contributed by atoms with E-state index in [1.165, 1.54) is 18.4 Å². The molecule has 1 heterocycles. The van der Waals surface area contributed by atoms with Gasteiger partial charge in [0.25, 0.3) is 0 Å². The number of benzene rings is 1. The van der Waals surface area contributed by atoms with Gasteiger partial charge in [0.15, 0.2) is 0 Å². The Morgan fingerprint density at radius 2 is 2.12 bits per heavy atom. The summed E-state index contributed by atoms with van der Waals surface area (Å²) in [5.74, 6) is -0.234. The average Bonchev–Trinajstić information content (AvgIpc) is 3.40. The third-order valence-electron chi connectivity index (χ3n) is 4.63. The van der Waals surface area contributed by atoms with Crippen molar-refractivity contribution in [3.63, 3.8) is 0 Å². The Morgan fingerprint density at radius 3 is 2.88 bits per heavy atom. The summed E-state index contributed by atoms with van der Waals surface area (Å²) in [5, 5.41) is 13.2. The van der Waals surface area contributed by atoms with Crippen molar-refractivity contribution in [2.24, 2.45) is 11.1 Å². The van der Waals surface area contributed by atoms with Gasteiger partial charge < -0.3 is 9.94 Å². The second-order valence-electron chi connectivity index (χ2n) is 6.45. The topological polar surface area (TPSA) is 62.1 Å². The van der Waals surface area contributed by atoms with Gasteiger partial charge in [-0.3, -0.25) is 9.69 Å². The molecule has 1 saturated carbocycles. The molecule has 3 rings (SSSR count). The molecule has 0 amide bonds. The van der Waals surface area contributed by atoms with Crippen molar-refractivity contribution >= 4 is 24.6 Å². The van der Waals surface area contributed by atoms with Crippen LogP contribution >= 0.6 is 12.4 Å². The first-order valence-corrected chi connectivity index (χ1v) is 8.43. The maximum atomic E-state index is 11.0. The summed E-state index contributed by atoms with van der Waals surface area (Å²) in [6.07, 6.45) is 6.05. The molecule has 5 nitrogen and oxygen atoms in total. The lowest BCUT2D eigenvalue weighted by molar-refractivity contribution is -0.143. The fraction of sp³-hybridized carbons (Fsp3) is 0.556. The molecule has 1 N–H and O–H groups in total. The van der Waals surface area contributed by atoms with E-state index in [0.29, 0.717) is 19.1 Å². The summed E-state index contributed by atoms with van der Waals surface area (Å²) in [5.41, 5.74) is 2.50. The minimum absolute atomic E-state index is 0. The molecule has 1 saturated heterocycles. The molecule has 1 aromatic carbocycles. The van der Waals surface area contributed by atoms with Crippen LogP contribution in [-0.2, 0) is 9.63 Å². The zero-order valence-corrected chi connectivity index (χ0v) is 14.6. The highest BCUT2D eigenvalue weighted by Gasteiger charge is 2.25. The molecular weight excluding hydrogens is 328 g/mol. The molecule has 1 aromatic rings. The Kier molecular flexibility index (Phi) is 7.06. The third-order valence-corrected chi connectivity index (χ3v) is 4.63. The van der Waals surface area contributed by atoms with Crippen LogP contribution < -0.4 is 0 Å². The van der Waals surface area contributed by atoms with E-state index in [1.54, 1.807) is 6.21 Å². The van der Waals surface area contributed by atoms with Crippen LogP contribution in [0, 0.1) is 5.92 Å². The van der Waals surface area contributed by atoms with Gasteiger partial charge >= 0.3 is 5.97 Å². The first kappa shape index (κ1) is 18.7. The highest BCUT2D eigenvalue weighted by Crippen LogP contribution is 2.41. The minimum Gasteiger partial charge on any atom is -0.481 e. The van der Waals surface area contributed by atoms with Gasteiger partial charge in [0, 0.05) is 13.1 Å². The van der Waals surface area contributed by atoms with E-state index in [2.05, 4.69) is 28.3 Å². The Morgan fingerprint density at radius 1 is 1.33 bits per heavy atom. The Hall–Kier alpha value is -1.59. The molecule has 1 atom stereocenters. The van der Waals surface area contributed by atoms with E-state index in [9.17, 15) is 4.79 Å². The van der Waals surface area contributed by atoms with Crippen LogP contribution in [-0.4, -0.2) is 48.4 Å². The number of aliphatic carboxylic acids is 1. The number of nitrogens with zero attached hydrogens (tertiary/aromatic N) is 2. The zero-order chi connectivity index (χ0) is 16.1. The van der Waals surface area contributed by atoms with Gasteiger partial charge in [0.05, 0.1) is 12.1 Å². The van der Waals surface area contributed by atoms with Crippen molar-refractivity contribution in [1.29, 1.82) is 0 Å². The predicted molar refractivity (Wildman–Crippen MR) is 96.0 cm³/mol. The molecule has 0 radical (unpaired) electrons. The number of likely N-dealkylation sites (tertiary alicyclic amines) is 1. The summed E-state index contributed by atoms with van der Waals surface area (Å²) < 4.78 is 0. The number of halogens is 1. The van der Waals surface area contributed by atoms with Crippen LogP contribution in [0.3, 0.4) is 0 Å². The molecule has 0 spiro atoms. The minimum atomic E-state index is -0.690. The fourth-order valence-corrected chi connectivity index (χ4v) is 3.17. The molecule has 1 aliphatic heterocycles. The van der Waals surface area contributed by atoms with Crippen LogP contribution in [0.1, 0.15) is 42.7 Å². The summed E-state index contributed by atoms with van der Waals surface area (Å²) in [7, 11) is 0. The molecule has 0 bridgehead atoms. The predicted octanol–water partition coefficient (Wildman–Crippen LogP) is 3.13. The van der Waals surface area contributed by atoms with Crippen molar-refractivity contribution in [3.8, 4) is 0 Å². The monoisotopic (exact) mass is 352 g/mol. The van der Waals surface area contributed by atoms with Crippen LogP contribution in [0.15, 0.2) is 29.4 Å². The summed E-state index contributed by atoms with van der Waals surface area (Å²) in [6.45, 7) is 2.79. The van der Waals surface area contributed by atoms with Gasteiger partial charge in [0.1, 0.15) is 6.61 Å². The lowest BCUT2D eigenvalue weighted by atomic mass is 9.98. The maximum Gasteiger partial charge on any atom is 0.307 e. The molecule has 6 heteroatoms. The van der Waals surface area contributed by atoms with Crippen molar-refractivity contribution in [3.05, 3.63) is 35.4 Å². The highest BCUT2D eigenvalue weighted by molar-refractivity contribution is 5.85. The first-order valence-electron chi connectivity index (χ1n) is 8.43. The standard InChI is InChI=1S/C18H24N2O3.ClH/c21-18(22)16-5-3-9-20(13-16)10-11-23-19-12-15-4-1-2-6-17(15)14-7-8-14;/h1-2,4,6,12,14,16H,3,5,7-11,13H2,(H,21,22);1H. The van der Waals surface area contributed by atoms with Gasteiger partial charge in [-0.1, -0.05) is 29.4 Å². The maximum absolute atomic E-state index is 11.0. The van der Waals surface area contributed by atoms with E-state index in [0.717, 1.165) is 31.5 Å². The lowest BCUT2D eigenvalue weighted by Crippen LogP contribution is -2.40. The van der Waals surface area contributed by atoms with Crippen molar-refractivity contribution in [1.82, 2.24) is 4.90 Å². The first-order chi connectivity index (χ1) is 11.2. The molecule has 0 aromatic heterocycles. The van der Waals surface area contributed by atoms with Crippen molar-refractivity contribution < 1.29 is 14.7 Å². The number of hydrogen-bond acceptors (Lipinski definition) is 4. The number of oxime groups is 1. The highest BCUT2D eigenvalue weighted by atomic mass is 35.5. The smallest absolute Gasteiger partial charge is 0.307 e. The lowest BCUT2D eigenvalue weighted by Gasteiger charge is -2.29. The second-order valence-corrected chi connectivity index (χ2v) is 6.45. The number of rotatable bonds is 7. The Labute approximate surface area is 149 Å². The number of hydrogen-bond donors (Lipinski definition) is 1. The molecule has 24 heavy (non-hydrogen) atoms. The third kappa shape index (κ3) is 5.21. The average molecular weight is 353 g/mol. The Bertz CT molecular complexity index is 575. The van der Waals surface area contributed by atoms with Crippen molar-refractivity contribution in [2.45, 2.75) is 31.6 Å². The van der Waals surface area contributed by atoms with Crippen LogP contribution in [0.4, 0.5) is 0 Å². The van der Waals surface area contributed by atoms with Gasteiger partial charge in [0.2, 0.25) is 0 Å². The quantitative estimate of drug-likeness (QED) is 0.465. The van der Waals surface area contributed by atoms with E-state index >= 15 is 0 Å². The second kappa shape index (κ2) is 9.04. The van der Waals surface area contributed by atoms with Crippen LogP contribution in [0.5, 0.6) is 0 Å². The zero-order valence-electron chi connectivity index (χ0n) is 13.8. The largest absolute Gasteiger partial charge is 0.481 e. The molecular formula is C18H25ClN2O3. The number of piperidine rings is 1. The number of carboxylic acid groups (broad SMARTS) is 1. The van der Waals surface area contributed by atoms with E-state index in [1.807, 2.05) is 6.07 Å². The molecule has 1 unspecified atom stereocenters. The SMILES string of the molecule is Cl.O=C(O)C1CCCN(CCON=Cc2ccccc2C2CC2)C1. The van der Waals surface area contributed by atoms with E-state index in [-0.39, 0.29) is 18.3 Å². The number of carboxylic acids is 1. The fourth-order valence-electron chi connectivity index (χ4n) is 3.17. The van der Waals surface area contributed by atoms with Crippen molar-refractivity contribution in [2.75, 3.05) is 26.2 Å². The van der Waals surface area contributed by atoms with Gasteiger partial charge in [-0.15, -0.1) is 12.4 Å². The normalized spacial score (nSPS) is 21.4. The Balaban J connectivity index is 0.00000208. The molecule has 2 aliphatic rings. The number of carbonyl (C=O) groups is 1. The van der Waals surface area contributed by atoms with Crippen LogP contribution in [0.2, 0.25) is 0 Å². The molecule has 2 fully saturated rings. The summed E-state index contributed by atoms with van der Waals surface area (Å²) in [4.78, 5) is 18.6. The summed E-state index contributed by atoms with van der Waals surface area (Å²) >= 11 is 0. The van der Waals surface area contributed by atoms with Gasteiger partial charge in [-0.05, 0) is 49.3 Å². The summed E-state index contributed by atoms with van der Waals surface area (Å²) in [6, 6.07) is 8.33. The van der Waals surface area contributed by atoms with Gasteiger partial charge in [-0.25, -0.2) is 0 Å². The molecule has 132 valence electrons.